The van der Waals surface area contributed by atoms with E-state index in [1.54, 1.807) is 30.1 Å². The number of thioether (sulfide) groups is 1. The zero-order chi connectivity index (χ0) is 17.5. The van der Waals surface area contributed by atoms with Gasteiger partial charge in [0, 0.05) is 28.7 Å². The van der Waals surface area contributed by atoms with Gasteiger partial charge in [0.05, 0.1) is 17.2 Å². The summed E-state index contributed by atoms with van der Waals surface area (Å²) in [5.41, 5.74) is 2.30. The molecule has 0 fully saturated rings. The van der Waals surface area contributed by atoms with Crippen LogP contribution in [0.1, 0.15) is 26.4 Å². The van der Waals surface area contributed by atoms with Crippen LogP contribution >= 0.6 is 58.7 Å². The SMILES string of the molecule is CN=C(NCc1sc(C)nc1C)NCC(SC)c1cccc(Cl)c1.I. The zero-order valence-electron chi connectivity index (χ0n) is 14.8. The molecule has 0 bridgehead atoms. The zero-order valence-corrected chi connectivity index (χ0v) is 19.5. The maximum Gasteiger partial charge on any atom is 0.191 e. The van der Waals surface area contributed by atoms with Crippen molar-refractivity contribution in [1.82, 2.24) is 15.6 Å². The number of aliphatic imine (C=N–C) groups is 1. The van der Waals surface area contributed by atoms with E-state index >= 15 is 0 Å². The van der Waals surface area contributed by atoms with Gasteiger partial charge in [0.15, 0.2) is 5.96 Å². The molecule has 1 atom stereocenters. The lowest BCUT2D eigenvalue weighted by molar-refractivity contribution is 0.788. The second-order valence-electron chi connectivity index (χ2n) is 5.33. The summed E-state index contributed by atoms with van der Waals surface area (Å²) < 4.78 is 0. The molecule has 0 saturated heterocycles. The minimum absolute atomic E-state index is 0. The highest BCUT2D eigenvalue weighted by Gasteiger charge is 2.12. The molecule has 0 aliphatic rings. The van der Waals surface area contributed by atoms with Crippen molar-refractivity contribution in [3.8, 4) is 0 Å². The first-order valence-electron chi connectivity index (χ1n) is 7.69. The maximum atomic E-state index is 6.10. The molecule has 1 unspecified atom stereocenters. The summed E-state index contributed by atoms with van der Waals surface area (Å²) in [6.45, 7) is 5.59. The number of benzene rings is 1. The first-order valence-corrected chi connectivity index (χ1v) is 10.2. The Labute approximate surface area is 180 Å². The van der Waals surface area contributed by atoms with Crippen molar-refractivity contribution >= 4 is 64.6 Å². The minimum atomic E-state index is 0. The molecule has 2 N–H and O–H groups in total. The van der Waals surface area contributed by atoms with Crippen LogP contribution in [0.25, 0.3) is 0 Å². The molecule has 0 aliphatic carbocycles. The second kappa shape index (κ2) is 11.3. The highest BCUT2D eigenvalue weighted by Crippen LogP contribution is 2.27. The van der Waals surface area contributed by atoms with Gasteiger partial charge in [-0.2, -0.15) is 11.8 Å². The summed E-state index contributed by atoms with van der Waals surface area (Å²) in [7, 11) is 1.79. The number of halogens is 2. The van der Waals surface area contributed by atoms with Crippen LogP contribution in [0.5, 0.6) is 0 Å². The van der Waals surface area contributed by atoms with Crippen LogP contribution in [0, 0.1) is 13.8 Å². The molecule has 4 nitrogen and oxygen atoms in total. The predicted octanol–water partition coefficient (Wildman–Crippen LogP) is 4.80. The number of nitrogens with one attached hydrogen (secondary N) is 2. The summed E-state index contributed by atoms with van der Waals surface area (Å²) in [5, 5.41) is 8.93. The smallest absolute Gasteiger partial charge is 0.191 e. The Kier molecular flexibility index (Phi) is 10.1. The van der Waals surface area contributed by atoms with Gasteiger partial charge in [-0.05, 0) is 37.8 Å². The Morgan fingerprint density at radius 2 is 2.12 bits per heavy atom. The fourth-order valence-corrected chi connectivity index (χ4v) is 4.10. The van der Waals surface area contributed by atoms with Gasteiger partial charge in [-0.3, -0.25) is 4.99 Å². The van der Waals surface area contributed by atoms with Gasteiger partial charge in [-0.15, -0.1) is 35.3 Å². The first kappa shape index (κ1) is 22.5. The van der Waals surface area contributed by atoms with Crippen molar-refractivity contribution in [1.29, 1.82) is 0 Å². The number of rotatable bonds is 6. The molecule has 2 aromatic rings. The van der Waals surface area contributed by atoms with E-state index in [1.807, 2.05) is 32.0 Å². The molecule has 0 spiro atoms. The summed E-state index contributed by atoms with van der Waals surface area (Å²) in [5.74, 6) is 0.793. The molecule has 1 heterocycles. The average molecular weight is 511 g/mol. The third-order valence-electron chi connectivity index (χ3n) is 3.60. The van der Waals surface area contributed by atoms with Crippen LogP contribution in [0.4, 0.5) is 0 Å². The van der Waals surface area contributed by atoms with Crippen LogP contribution in [0.15, 0.2) is 29.3 Å². The number of aryl methyl sites for hydroxylation is 2. The van der Waals surface area contributed by atoms with Crippen LogP contribution in [0.3, 0.4) is 0 Å². The predicted molar refractivity (Wildman–Crippen MR) is 123 cm³/mol. The fourth-order valence-electron chi connectivity index (χ4n) is 2.36. The van der Waals surface area contributed by atoms with Gasteiger partial charge in [0.1, 0.15) is 0 Å². The third kappa shape index (κ3) is 6.96. The molecular weight excluding hydrogens is 487 g/mol. The number of guanidine groups is 1. The van der Waals surface area contributed by atoms with E-state index < -0.39 is 0 Å². The van der Waals surface area contributed by atoms with Gasteiger partial charge in [-0.1, -0.05) is 23.7 Å². The van der Waals surface area contributed by atoms with Crippen molar-refractivity contribution in [3.63, 3.8) is 0 Å². The van der Waals surface area contributed by atoms with Gasteiger partial charge in [0.2, 0.25) is 0 Å². The molecule has 138 valence electrons. The molecule has 8 heteroatoms. The number of aromatic nitrogens is 1. The topological polar surface area (TPSA) is 49.3 Å². The lowest BCUT2D eigenvalue weighted by Crippen LogP contribution is -2.38. The van der Waals surface area contributed by atoms with Gasteiger partial charge in [0.25, 0.3) is 0 Å². The highest BCUT2D eigenvalue weighted by atomic mass is 127. The van der Waals surface area contributed by atoms with E-state index in [0.717, 1.165) is 34.8 Å². The Hall–Kier alpha value is -0.510. The lowest BCUT2D eigenvalue weighted by Gasteiger charge is -2.18. The fraction of sp³-hybridized carbons (Fsp3) is 0.412. The van der Waals surface area contributed by atoms with Gasteiger partial charge in [-0.25, -0.2) is 4.98 Å². The van der Waals surface area contributed by atoms with Crippen molar-refractivity contribution in [3.05, 3.63) is 50.4 Å². The molecule has 0 amide bonds. The monoisotopic (exact) mass is 510 g/mol. The summed E-state index contributed by atoms with van der Waals surface area (Å²) in [6.07, 6.45) is 2.10. The molecular formula is C17H24ClIN4S2. The van der Waals surface area contributed by atoms with Crippen molar-refractivity contribution in [2.45, 2.75) is 25.6 Å². The quantitative estimate of drug-likeness (QED) is 0.333. The van der Waals surface area contributed by atoms with E-state index in [1.165, 1.54) is 10.4 Å². The molecule has 1 aromatic heterocycles. The normalized spacial score (nSPS) is 12.4. The Bertz CT molecular complexity index is 706. The van der Waals surface area contributed by atoms with Crippen LogP contribution in [-0.2, 0) is 6.54 Å². The Morgan fingerprint density at radius 3 is 2.68 bits per heavy atom. The summed E-state index contributed by atoms with van der Waals surface area (Å²) in [6, 6.07) is 8.01. The summed E-state index contributed by atoms with van der Waals surface area (Å²) in [4.78, 5) is 10.00. The van der Waals surface area contributed by atoms with E-state index in [9.17, 15) is 0 Å². The van der Waals surface area contributed by atoms with E-state index in [2.05, 4.69) is 32.9 Å². The molecule has 25 heavy (non-hydrogen) atoms. The first-order chi connectivity index (χ1) is 11.5. The maximum absolute atomic E-state index is 6.10. The lowest BCUT2D eigenvalue weighted by atomic mass is 10.1. The molecule has 1 aromatic carbocycles. The van der Waals surface area contributed by atoms with Crippen molar-refractivity contribution in [2.75, 3.05) is 19.8 Å². The van der Waals surface area contributed by atoms with E-state index in [-0.39, 0.29) is 24.0 Å². The van der Waals surface area contributed by atoms with Crippen LogP contribution in [0.2, 0.25) is 5.02 Å². The van der Waals surface area contributed by atoms with Crippen molar-refractivity contribution < 1.29 is 0 Å². The average Bonchev–Trinajstić information content (AvgIpc) is 2.88. The van der Waals surface area contributed by atoms with Crippen molar-refractivity contribution in [2.24, 2.45) is 4.99 Å². The second-order valence-corrected chi connectivity index (χ2v) is 8.09. The molecule has 0 saturated carbocycles. The van der Waals surface area contributed by atoms with E-state index in [0.29, 0.717) is 5.25 Å². The summed E-state index contributed by atoms with van der Waals surface area (Å²) >= 11 is 9.61. The number of hydrogen-bond acceptors (Lipinski definition) is 4. The van der Waals surface area contributed by atoms with E-state index in [4.69, 9.17) is 11.6 Å². The minimum Gasteiger partial charge on any atom is -0.355 e. The molecule has 2 rings (SSSR count). The Morgan fingerprint density at radius 1 is 1.36 bits per heavy atom. The third-order valence-corrected chi connectivity index (χ3v) is 5.92. The van der Waals surface area contributed by atoms with Crippen LogP contribution < -0.4 is 10.6 Å². The largest absolute Gasteiger partial charge is 0.355 e. The highest BCUT2D eigenvalue weighted by molar-refractivity contribution is 14.0. The number of nitrogens with zero attached hydrogens (tertiary/aromatic N) is 2. The van der Waals surface area contributed by atoms with Gasteiger partial charge >= 0.3 is 0 Å². The Balaban J connectivity index is 0.00000312. The van der Waals surface area contributed by atoms with Crippen LogP contribution in [-0.4, -0.2) is 30.8 Å². The van der Waals surface area contributed by atoms with Gasteiger partial charge < -0.3 is 10.6 Å². The molecule has 0 radical (unpaired) electrons. The standard InChI is InChI=1S/C17H23ClN4S2.HI/c1-11-15(24-12(2)22-11)9-20-17(19-3)21-10-16(23-4)13-6-5-7-14(18)8-13;/h5-8,16H,9-10H2,1-4H3,(H2,19,20,21);1H. The molecule has 0 aliphatic heterocycles. The number of thiazole rings is 1. The number of hydrogen-bond donors (Lipinski definition) is 2.